The molecule has 110 valence electrons. The van der Waals surface area contributed by atoms with Crippen molar-refractivity contribution in [3.8, 4) is 0 Å². The summed E-state index contributed by atoms with van der Waals surface area (Å²) in [4.78, 5) is 13.5. The van der Waals surface area contributed by atoms with Crippen LogP contribution in [0.4, 0.5) is 11.4 Å². The molecule has 0 aromatic heterocycles. The lowest BCUT2D eigenvalue weighted by Crippen LogP contribution is -2.17. The van der Waals surface area contributed by atoms with Crippen molar-refractivity contribution in [1.29, 1.82) is 0 Å². The Labute approximate surface area is 131 Å². The van der Waals surface area contributed by atoms with E-state index in [-0.39, 0.29) is 30.7 Å². The van der Waals surface area contributed by atoms with E-state index in [2.05, 4.69) is 5.32 Å². The number of anilines is 2. The molecule has 0 aliphatic rings. The molecule has 0 unspecified atom stereocenters. The maximum Gasteiger partial charge on any atom is 0.224 e. The van der Waals surface area contributed by atoms with Gasteiger partial charge < -0.3 is 16.0 Å². The predicted molar refractivity (Wildman–Crippen MR) is 87.2 cm³/mol. The number of nitrogens with two attached hydrogens (primary N) is 1. The molecule has 1 aromatic rings. The Morgan fingerprint density at radius 3 is 2.53 bits per heavy atom. The molecular formula is C12H20Cl3N3O. The molecule has 0 spiro atoms. The molecule has 0 bridgehead atoms. The van der Waals surface area contributed by atoms with Crippen LogP contribution in [0.5, 0.6) is 0 Å². The summed E-state index contributed by atoms with van der Waals surface area (Å²) in [7, 11) is 3.77. The minimum atomic E-state index is -0.0409. The Morgan fingerprint density at radius 2 is 2.00 bits per heavy atom. The Bertz CT molecular complexity index is 400. The normalized spacial score (nSPS) is 9.05. The largest absolute Gasteiger partial charge is 0.375 e. The van der Waals surface area contributed by atoms with E-state index in [9.17, 15) is 4.79 Å². The number of hydrogen-bond acceptors (Lipinski definition) is 3. The molecule has 7 heteroatoms. The fraction of sp³-hybridized carbons (Fsp3) is 0.417. The zero-order valence-corrected chi connectivity index (χ0v) is 13.4. The molecule has 0 heterocycles. The number of amides is 1. The zero-order chi connectivity index (χ0) is 12.8. The molecular weight excluding hydrogens is 309 g/mol. The third-order valence-electron chi connectivity index (χ3n) is 2.32. The van der Waals surface area contributed by atoms with Crippen molar-refractivity contribution in [1.82, 2.24) is 0 Å². The highest BCUT2D eigenvalue weighted by Crippen LogP contribution is 2.32. The van der Waals surface area contributed by atoms with Crippen LogP contribution in [0.25, 0.3) is 0 Å². The van der Waals surface area contributed by atoms with E-state index >= 15 is 0 Å². The van der Waals surface area contributed by atoms with Crippen LogP contribution in [-0.2, 0) is 4.79 Å². The maximum atomic E-state index is 11.6. The predicted octanol–water partition coefficient (Wildman–Crippen LogP) is 2.93. The Morgan fingerprint density at radius 1 is 1.37 bits per heavy atom. The van der Waals surface area contributed by atoms with Gasteiger partial charge in [-0.1, -0.05) is 17.7 Å². The third kappa shape index (κ3) is 6.34. The highest BCUT2D eigenvalue weighted by molar-refractivity contribution is 6.34. The van der Waals surface area contributed by atoms with Crippen molar-refractivity contribution >= 4 is 53.7 Å². The smallest absolute Gasteiger partial charge is 0.224 e. The second kappa shape index (κ2) is 10.1. The number of carbonyl (C=O) groups is 1. The summed E-state index contributed by atoms with van der Waals surface area (Å²) in [6.45, 7) is 0.517. The number of benzene rings is 1. The van der Waals surface area contributed by atoms with Crippen LogP contribution < -0.4 is 16.0 Å². The summed E-state index contributed by atoms with van der Waals surface area (Å²) in [6, 6.07) is 5.45. The van der Waals surface area contributed by atoms with E-state index < -0.39 is 0 Å². The Hall–Kier alpha value is -0.680. The average Bonchev–Trinajstić information content (AvgIpc) is 2.25. The lowest BCUT2D eigenvalue weighted by Gasteiger charge is -2.19. The van der Waals surface area contributed by atoms with Gasteiger partial charge in [-0.15, -0.1) is 24.8 Å². The van der Waals surface area contributed by atoms with Crippen LogP contribution in [0.1, 0.15) is 12.8 Å². The van der Waals surface area contributed by atoms with Gasteiger partial charge in [0.05, 0.1) is 16.4 Å². The van der Waals surface area contributed by atoms with Crippen LogP contribution in [0.2, 0.25) is 5.02 Å². The highest BCUT2D eigenvalue weighted by Gasteiger charge is 2.11. The third-order valence-corrected chi connectivity index (χ3v) is 2.62. The van der Waals surface area contributed by atoms with Crippen LogP contribution >= 0.6 is 36.4 Å². The fourth-order valence-corrected chi connectivity index (χ4v) is 1.89. The Balaban J connectivity index is 0. The van der Waals surface area contributed by atoms with Gasteiger partial charge >= 0.3 is 0 Å². The highest BCUT2D eigenvalue weighted by atomic mass is 35.5. The van der Waals surface area contributed by atoms with E-state index in [1.165, 1.54) is 0 Å². The Kier molecular flexibility index (Phi) is 11.0. The fourth-order valence-electron chi connectivity index (χ4n) is 1.55. The minimum Gasteiger partial charge on any atom is -0.375 e. The number of nitrogens with one attached hydrogen (secondary N) is 1. The minimum absolute atomic E-state index is 0. The molecule has 0 aliphatic heterocycles. The molecule has 0 aliphatic carbocycles. The van der Waals surface area contributed by atoms with E-state index in [4.69, 9.17) is 17.3 Å². The molecule has 0 radical (unpaired) electrons. The SMILES string of the molecule is CN(C)c1c(Cl)cccc1NC(=O)CCCN.Cl.Cl. The van der Waals surface area contributed by atoms with Crippen molar-refractivity contribution in [2.75, 3.05) is 30.9 Å². The first-order valence-corrected chi connectivity index (χ1v) is 5.89. The first-order chi connectivity index (χ1) is 8.06. The zero-order valence-electron chi connectivity index (χ0n) is 11.0. The van der Waals surface area contributed by atoms with Crippen molar-refractivity contribution in [3.05, 3.63) is 23.2 Å². The second-order valence-electron chi connectivity index (χ2n) is 3.97. The van der Waals surface area contributed by atoms with Gasteiger partial charge in [0.25, 0.3) is 0 Å². The van der Waals surface area contributed by atoms with E-state index in [1.807, 2.05) is 31.1 Å². The summed E-state index contributed by atoms with van der Waals surface area (Å²) >= 11 is 6.10. The first-order valence-electron chi connectivity index (χ1n) is 5.52. The van der Waals surface area contributed by atoms with Crippen molar-refractivity contribution < 1.29 is 4.79 Å². The molecule has 19 heavy (non-hydrogen) atoms. The van der Waals surface area contributed by atoms with Gasteiger partial charge in [-0.05, 0) is 25.1 Å². The van der Waals surface area contributed by atoms with Crippen molar-refractivity contribution in [2.24, 2.45) is 5.73 Å². The quantitative estimate of drug-likeness (QED) is 0.873. The van der Waals surface area contributed by atoms with E-state index in [1.54, 1.807) is 6.07 Å². The standard InChI is InChI=1S/C12H18ClN3O.2ClH/c1-16(2)12-9(13)5-3-6-10(12)15-11(17)7-4-8-14;;/h3,5-6H,4,7-8,14H2,1-2H3,(H,15,17);2*1H. The summed E-state index contributed by atoms with van der Waals surface area (Å²) in [6.07, 6.45) is 1.11. The van der Waals surface area contributed by atoms with Gasteiger partial charge in [0.15, 0.2) is 0 Å². The summed E-state index contributed by atoms with van der Waals surface area (Å²) in [5.41, 5.74) is 6.90. The van der Waals surface area contributed by atoms with Crippen LogP contribution in [0.3, 0.4) is 0 Å². The van der Waals surface area contributed by atoms with Gasteiger partial charge in [-0.25, -0.2) is 0 Å². The van der Waals surface area contributed by atoms with Gasteiger partial charge in [0.1, 0.15) is 0 Å². The number of halogens is 3. The number of para-hydroxylation sites is 1. The van der Waals surface area contributed by atoms with E-state index in [0.29, 0.717) is 24.4 Å². The molecule has 1 aromatic carbocycles. The molecule has 0 atom stereocenters. The monoisotopic (exact) mass is 327 g/mol. The van der Waals surface area contributed by atoms with Gasteiger partial charge in [-0.3, -0.25) is 4.79 Å². The summed E-state index contributed by atoms with van der Waals surface area (Å²) in [5, 5.41) is 3.46. The molecule has 0 saturated carbocycles. The van der Waals surface area contributed by atoms with Crippen LogP contribution in [-0.4, -0.2) is 26.5 Å². The van der Waals surface area contributed by atoms with Gasteiger partial charge in [0, 0.05) is 20.5 Å². The molecule has 0 fully saturated rings. The molecule has 1 amide bonds. The van der Waals surface area contributed by atoms with Crippen molar-refractivity contribution in [2.45, 2.75) is 12.8 Å². The number of nitrogens with zero attached hydrogens (tertiary/aromatic N) is 1. The first kappa shape index (κ1) is 20.6. The molecule has 0 saturated heterocycles. The van der Waals surface area contributed by atoms with E-state index in [0.717, 1.165) is 11.4 Å². The number of carbonyl (C=O) groups excluding carboxylic acids is 1. The lowest BCUT2D eigenvalue weighted by atomic mass is 10.2. The average molecular weight is 329 g/mol. The van der Waals surface area contributed by atoms with Gasteiger partial charge in [-0.2, -0.15) is 0 Å². The second-order valence-corrected chi connectivity index (χ2v) is 4.38. The molecule has 3 N–H and O–H groups in total. The summed E-state index contributed by atoms with van der Waals surface area (Å²) < 4.78 is 0. The molecule has 1 rings (SSSR count). The van der Waals surface area contributed by atoms with Gasteiger partial charge in [0.2, 0.25) is 5.91 Å². The lowest BCUT2D eigenvalue weighted by molar-refractivity contribution is -0.116. The molecule has 4 nitrogen and oxygen atoms in total. The van der Waals surface area contributed by atoms with Crippen molar-refractivity contribution in [3.63, 3.8) is 0 Å². The van der Waals surface area contributed by atoms with Crippen LogP contribution in [0, 0.1) is 0 Å². The number of hydrogen-bond donors (Lipinski definition) is 2. The summed E-state index contributed by atoms with van der Waals surface area (Å²) in [5.74, 6) is -0.0409. The topological polar surface area (TPSA) is 58.4 Å². The number of rotatable bonds is 5. The maximum absolute atomic E-state index is 11.6. The van der Waals surface area contributed by atoms with Crippen LogP contribution in [0.15, 0.2) is 18.2 Å².